The maximum atomic E-state index is 13.3. The second-order valence-corrected chi connectivity index (χ2v) is 6.21. The van der Waals surface area contributed by atoms with Gasteiger partial charge in [0.15, 0.2) is 11.4 Å². The smallest absolute Gasteiger partial charge is 0.416 e. The minimum absolute atomic E-state index is 0.0643. The number of nitrogens with two attached hydrogens (primary N) is 1. The van der Waals surface area contributed by atoms with Crippen LogP contribution < -0.4 is 11.4 Å². The van der Waals surface area contributed by atoms with Crippen molar-refractivity contribution in [1.29, 1.82) is 0 Å². The first-order valence-electron chi connectivity index (χ1n) is 8.22. The number of fused-ring (bicyclic) bond motifs is 1. The van der Waals surface area contributed by atoms with Gasteiger partial charge in [-0.1, -0.05) is 18.2 Å². The number of benzene rings is 1. The van der Waals surface area contributed by atoms with Crippen LogP contribution in [0.1, 0.15) is 16.9 Å². The second kappa shape index (κ2) is 6.25. The normalized spacial score (nSPS) is 12.0. The molecule has 0 aliphatic heterocycles. The molecule has 0 unspecified atom stereocenters. The number of furan rings is 1. The van der Waals surface area contributed by atoms with Gasteiger partial charge < -0.3 is 15.1 Å². The summed E-state index contributed by atoms with van der Waals surface area (Å²) in [7, 11) is 0. The summed E-state index contributed by atoms with van der Waals surface area (Å²) in [6.07, 6.45) is -4.54. The van der Waals surface area contributed by atoms with Gasteiger partial charge in [-0.25, -0.2) is 9.78 Å². The molecular weight excluding hydrogens is 375 g/mol. The third-order valence-electron chi connectivity index (χ3n) is 4.26. The fourth-order valence-electron chi connectivity index (χ4n) is 3.04. The van der Waals surface area contributed by atoms with Crippen LogP contribution in [-0.2, 0) is 12.7 Å². The van der Waals surface area contributed by atoms with Gasteiger partial charge in [-0.15, -0.1) is 0 Å². The zero-order valence-electron chi connectivity index (χ0n) is 14.5. The van der Waals surface area contributed by atoms with E-state index in [0.717, 1.165) is 10.6 Å². The van der Waals surface area contributed by atoms with Crippen molar-refractivity contribution >= 4 is 17.1 Å². The Balaban J connectivity index is 1.90. The number of halogens is 3. The van der Waals surface area contributed by atoms with Gasteiger partial charge in [-0.2, -0.15) is 18.2 Å². The van der Waals surface area contributed by atoms with Crippen LogP contribution in [0.5, 0.6) is 0 Å². The number of H-pyrrole nitrogens is 1. The molecule has 4 rings (SSSR count). The minimum Gasteiger partial charge on any atom is -0.460 e. The summed E-state index contributed by atoms with van der Waals surface area (Å²) in [5, 5.41) is 0. The molecular formula is C18H14F3N5O2. The SMILES string of the molecule is Cc1ccc(-c2nc(N)nc3c2[nH]c(=O)n3Cc2ccccc2C(F)(F)F)o1. The minimum atomic E-state index is -4.54. The number of anilines is 1. The lowest BCUT2D eigenvalue weighted by molar-refractivity contribution is -0.138. The number of nitrogen functional groups attached to an aromatic ring is 1. The average Bonchev–Trinajstić information content (AvgIpc) is 3.18. The summed E-state index contributed by atoms with van der Waals surface area (Å²) in [6, 6.07) is 8.43. The van der Waals surface area contributed by atoms with Crippen LogP contribution in [-0.4, -0.2) is 19.5 Å². The topological polar surface area (TPSA) is 103 Å². The highest BCUT2D eigenvalue weighted by molar-refractivity contribution is 5.86. The number of nitrogens with zero attached hydrogens (tertiary/aromatic N) is 3. The average molecular weight is 389 g/mol. The predicted molar refractivity (Wildman–Crippen MR) is 95.5 cm³/mol. The third kappa shape index (κ3) is 3.02. The van der Waals surface area contributed by atoms with Gasteiger partial charge in [0.2, 0.25) is 5.95 Å². The van der Waals surface area contributed by atoms with Crippen molar-refractivity contribution in [1.82, 2.24) is 19.5 Å². The summed E-state index contributed by atoms with van der Waals surface area (Å²) < 4.78 is 46.5. The number of imidazole rings is 1. The number of aryl methyl sites for hydroxylation is 1. The quantitative estimate of drug-likeness (QED) is 0.559. The first kappa shape index (κ1) is 17.8. The molecule has 0 spiro atoms. The highest BCUT2D eigenvalue weighted by atomic mass is 19.4. The van der Waals surface area contributed by atoms with Crippen LogP contribution in [0.2, 0.25) is 0 Å². The van der Waals surface area contributed by atoms with Crippen LogP contribution in [0.3, 0.4) is 0 Å². The van der Waals surface area contributed by atoms with Crippen molar-refractivity contribution in [3.8, 4) is 11.5 Å². The number of aromatic amines is 1. The number of alkyl halides is 3. The lowest BCUT2D eigenvalue weighted by Gasteiger charge is -2.13. The van der Waals surface area contributed by atoms with Crippen molar-refractivity contribution in [2.75, 3.05) is 5.73 Å². The molecule has 3 N–H and O–H groups in total. The summed E-state index contributed by atoms with van der Waals surface area (Å²) in [5.41, 5.74) is 4.84. The Labute approximate surface area is 155 Å². The number of rotatable bonds is 3. The lowest BCUT2D eigenvalue weighted by atomic mass is 10.1. The first-order chi connectivity index (χ1) is 13.2. The van der Waals surface area contributed by atoms with E-state index in [-0.39, 0.29) is 34.9 Å². The van der Waals surface area contributed by atoms with Crippen molar-refractivity contribution < 1.29 is 17.6 Å². The van der Waals surface area contributed by atoms with Crippen molar-refractivity contribution in [3.63, 3.8) is 0 Å². The summed E-state index contributed by atoms with van der Waals surface area (Å²) in [5.74, 6) is 0.857. The molecule has 0 fully saturated rings. The molecule has 3 aromatic heterocycles. The van der Waals surface area contributed by atoms with E-state index in [0.29, 0.717) is 11.5 Å². The Bertz CT molecular complexity index is 1240. The molecule has 0 atom stereocenters. The number of hydrogen-bond acceptors (Lipinski definition) is 5. The molecule has 28 heavy (non-hydrogen) atoms. The number of aromatic nitrogens is 4. The summed E-state index contributed by atoms with van der Waals surface area (Å²) in [6.45, 7) is 1.41. The van der Waals surface area contributed by atoms with E-state index in [1.807, 2.05) is 0 Å². The molecule has 4 aromatic rings. The Kier molecular flexibility index (Phi) is 3.98. The molecule has 3 heterocycles. The monoisotopic (exact) mass is 389 g/mol. The van der Waals surface area contributed by atoms with Crippen molar-refractivity contribution in [2.24, 2.45) is 0 Å². The van der Waals surface area contributed by atoms with Crippen molar-refractivity contribution in [3.05, 3.63) is 63.8 Å². The molecule has 0 saturated carbocycles. The highest BCUT2D eigenvalue weighted by Crippen LogP contribution is 2.33. The Hall–Kier alpha value is -3.56. The molecule has 10 heteroatoms. The van der Waals surface area contributed by atoms with E-state index < -0.39 is 17.4 Å². The maximum Gasteiger partial charge on any atom is 0.416 e. The van der Waals surface area contributed by atoms with E-state index in [1.54, 1.807) is 19.1 Å². The van der Waals surface area contributed by atoms with Gasteiger partial charge in [-0.3, -0.25) is 4.57 Å². The number of nitrogens with one attached hydrogen (secondary N) is 1. The lowest BCUT2D eigenvalue weighted by Crippen LogP contribution is -2.20. The molecule has 0 saturated heterocycles. The Morgan fingerprint density at radius 2 is 1.93 bits per heavy atom. The van der Waals surface area contributed by atoms with Gasteiger partial charge in [0.25, 0.3) is 0 Å². The Morgan fingerprint density at radius 1 is 1.18 bits per heavy atom. The van der Waals surface area contributed by atoms with Crippen LogP contribution in [0.25, 0.3) is 22.6 Å². The fraction of sp³-hybridized carbons (Fsp3) is 0.167. The molecule has 0 aliphatic carbocycles. The van der Waals surface area contributed by atoms with Gasteiger partial charge in [0.1, 0.15) is 17.0 Å². The van der Waals surface area contributed by atoms with E-state index in [1.165, 1.54) is 18.2 Å². The summed E-state index contributed by atoms with van der Waals surface area (Å²) >= 11 is 0. The Morgan fingerprint density at radius 3 is 2.61 bits per heavy atom. The van der Waals surface area contributed by atoms with E-state index in [2.05, 4.69) is 15.0 Å². The van der Waals surface area contributed by atoms with Crippen molar-refractivity contribution in [2.45, 2.75) is 19.6 Å². The zero-order chi connectivity index (χ0) is 20.1. The maximum absolute atomic E-state index is 13.3. The molecule has 144 valence electrons. The van der Waals surface area contributed by atoms with Crippen LogP contribution in [0, 0.1) is 6.92 Å². The molecule has 0 radical (unpaired) electrons. The molecule has 0 bridgehead atoms. The van der Waals surface area contributed by atoms with Crippen LogP contribution in [0.15, 0.2) is 45.6 Å². The largest absolute Gasteiger partial charge is 0.460 e. The van der Waals surface area contributed by atoms with Gasteiger partial charge >= 0.3 is 11.9 Å². The molecule has 0 amide bonds. The standard InChI is InChI=1S/C18H14F3N5O2/c1-9-6-7-12(28-9)13-14-15(25-16(22)23-13)26(17(27)24-14)8-10-4-2-3-5-11(10)18(19,20)21/h2-7H,8H2,1H3,(H,24,27)(H2,22,23,25). The van der Waals surface area contributed by atoms with Gasteiger partial charge in [0, 0.05) is 0 Å². The third-order valence-corrected chi connectivity index (χ3v) is 4.26. The predicted octanol–water partition coefficient (Wildman–Crippen LogP) is 3.34. The van der Waals surface area contributed by atoms with Gasteiger partial charge in [-0.05, 0) is 30.7 Å². The summed E-state index contributed by atoms with van der Waals surface area (Å²) in [4.78, 5) is 23.3. The fourth-order valence-corrected chi connectivity index (χ4v) is 3.04. The van der Waals surface area contributed by atoms with Gasteiger partial charge in [0.05, 0.1) is 12.1 Å². The van der Waals surface area contributed by atoms with E-state index >= 15 is 0 Å². The molecule has 7 nitrogen and oxygen atoms in total. The van der Waals surface area contributed by atoms with Crippen LogP contribution >= 0.6 is 0 Å². The van der Waals surface area contributed by atoms with E-state index in [4.69, 9.17) is 10.2 Å². The number of hydrogen-bond donors (Lipinski definition) is 2. The second-order valence-electron chi connectivity index (χ2n) is 6.21. The molecule has 1 aromatic carbocycles. The van der Waals surface area contributed by atoms with E-state index in [9.17, 15) is 18.0 Å². The molecule has 0 aliphatic rings. The zero-order valence-corrected chi connectivity index (χ0v) is 14.5. The van der Waals surface area contributed by atoms with Crippen LogP contribution in [0.4, 0.5) is 19.1 Å². The highest BCUT2D eigenvalue weighted by Gasteiger charge is 2.33. The first-order valence-corrected chi connectivity index (χ1v) is 8.22.